The van der Waals surface area contributed by atoms with Crippen molar-refractivity contribution in [2.45, 2.75) is 18.0 Å². The van der Waals surface area contributed by atoms with Crippen molar-refractivity contribution in [2.75, 3.05) is 6.54 Å². The Morgan fingerprint density at radius 3 is 2.54 bits per heavy atom. The average Bonchev–Trinajstić information content (AvgIpc) is 3.06. The lowest BCUT2D eigenvalue weighted by Crippen LogP contribution is -2.38. The molecule has 0 unspecified atom stereocenters. The van der Waals surface area contributed by atoms with Crippen molar-refractivity contribution in [2.24, 2.45) is 0 Å². The van der Waals surface area contributed by atoms with E-state index in [-0.39, 0.29) is 11.4 Å². The molecule has 0 aliphatic carbocycles. The second kappa shape index (κ2) is 5.81. The zero-order valence-electron chi connectivity index (χ0n) is 12.8. The Balaban J connectivity index is 1.65. The van der Waals surface area contributed by atoms with Gasteiger partial charge in [-0.2, -0.15) is 4.31 Å². The Labute approximate surface area is 139 Å². The monoisotopic (exact) mass is 341 g/mol. The van der Waals surface area contributed by atoms with Crippen molar-refractivity contribution in [3.05, 3.63) is 60.7 Å². The molecule has 1 aromatic carbocycles. The maximum absolute atomic E-state index is 12.7. The quantitative estimate of drug-likeness (QED) is 0.722. The summed E-state index contributed by atoms with van der Waals surface area (Å²) in [4.78, 5) is 4.09. The molecule has 0 bridgehead atoms. The van der Waals surface area contributed by atoms with Crippen LogP contribution >= 0.6 is 0 Å². The first-order valence-electron chi connectivity index (χ1n) is 7.54. The van der Waals surface area contributed by atoms with E-state index in [1.807, 2.05) is 34.9 Å². The van der Waals surface area contributed by atoms with Gasteiger partial charge < -0.3 is 4.57 Å². The van der Waals surface area contributed by atoms with Gasteiger partial charge in [-0.05, 0) is 12.1 Å². The van der Waals surface area contributed by atoms with Crippen LogP contribution in [0.2, 0.25) is 0 Å². The smallest absolute Gasteiger partial charge is 0.245 e. The minimum Gasteiger partial charge on any atom is -0.309 e. The van der Waals surface area contributed by atoms with Crippen LogP contribution in [0.1, 0.15) is 5.82 Å². The van der Waals surface area contributed by atoms with Crippen LogP contribution < -0.4 is 0 Å². The van der Waals surface area contributed by atoms with E-state index in [0.29, 0.717) is 18.9 Å². The van der Waals surface area contributed by atoms with E-state index in [1.165, 1.54) is 10.5 Å². The SMILES string of the molecule is O=S(=O)(c1cccnc1)N1CCn2c(nnc2-c2ccccc2)C1. The average molecular weight is 341 g/mol. The molecule has 0 N–H and O–H groups in total. The zero-order valence-corrected chi connectivity index (χ0v) is 13.6. The molecule has 0 radical (unpaired) electrons. The second-order valence-corrected chi connectivity index (χ2v) is 7.42. The third-order valence-electron chi connectivity index (χ3n) is 4.02. The van der Waals surface area contributed by atoms with Crippen LogP contribution in [0.3, 0.4) is 0 Å². The van der Waals surface area contributed by atoms with Crippen LogP contribution in [0.15, 0.2) is 59.8 Å². The van der Waals surface area contributed by atoms with Crippen LogP contribution in [-0.4, -0.2) is 39.0 Å². The summed E-state index contributed by atoms with van der Waals surface area (Å²) in [5.74, 6) is 1.41. The molecule has 0 amide bonds. The standard InChI is InChI=1S/C16H15N5O2S/c22-24(23,14-7-4-8-17-11-14)20-9-10-21-15(12-20)18-19-16(21)13-5-2-1-3-6-13/h1-8,11H,9-10,12H2. The van der Waals surface area contributed by atoms with E-state index >= 15 is 0 Å². The minimum absolute atomic E-state index is 0.196. The number of benzene rings is 1. The van der Waals surface area contributed by atoms with Crippen molar-refractivity contribution in [3.8, 4) is 11.4 Å². The number of sulfonamides is 1. The Morgan fingerprint density at radius 2 is 1.79 bits per heavy atom. The molecule has 24 heavy (non-hydrogen) atoms. The molecular formula is C16H15N5O2S. The minimum atomic E-state index is -3.57. The first-order valence-corrected chi connectivity index (χ1v) is 8.98. The molecule has 1 aliphatic rings. The molecular weight excluding hydrogens is 326 g/mol. The number of aromatic nitrogens is 4. The van der Waals surface area contributed by atoms with Crippen molar-refractivity contribution >= 4 is 10.0 Å². The summed E-state index contributed by atoms with van der Waals surface area (Å²) in [5, 5.41) is 8.42. The van der Waals surface area contributed by atoms with Gasteiger partial charge in [-0.15, -0.1) is 10.2 Å². The number of pyridine rings is 1. The normalized spacial score (nSPS) is 15.2. The van der Waals surface area contributed by atoms with E-state index in [2.05, 4.69) is 15.2 Å². The van der Waals surface area contributed by atoms with Gasteiger partial charge in [-0.1, -0.05) is 30.3 Å². The van der Waals surface area contributed by atoms with Crippen molar-refractivity contribution in [3.63, 3.8) is 0 Å². The molecule has 0 atom stereocenters. The van der Waals surface area contributed by atoms with Gasteiger partial charge in [0.15, 0.2) is 5.82 Å². The molecule has 3 heterocycles. The summed E-state index contributed by atoms with van der Waals surface area (Å²) in [6, 6.07) is 12.9. The summed E-state index contributed by atoms with van der Waals surface area (Å²) in [6.07, 6.45) is 2.92. The second-order valence-electron chi connectivity index (χ2n) is 5.48. The highest BCUT2D eigenvalue weighted by atomic mass is 32.2. The topological polar surface area (TPSA) is 81.0 Å². The Bertz CT molecular complexity index is 955. The van der Waals surface area contributed by atoms with Gasteiger partial charge in [-0.3, -0.25) is 4.98 Å². The number of nitrogens with zero attached hydrogens (tertiary/aromatic N) is 5. The number of hydrogen-bond acceptors (Lipinski definition) is 5. The fraction of sp³-hybridized carbons (Fsp3) is 0.188. The summed E-state index contributed by atoms with van der Waals surface area (Å²) in [7, 11) is -3.57. The fourth-order valence-electron chi connectivity index (χ4n) is 2.79. The predicted octanol–water partition coefficient (Wildman–Crippen LogP) is 1.54. The van der Waals surface area contributed by atoms with Gasteiger partial charge in [0.05, 0.1) is 6.54 Å². The van der Waals surface area contributed by atoms with Gasteiger partial charge in [0, 0.05) is 31.0 Å². The Morgan fingerprint density at radius 1 is 0.958 bits per heavy atom. The van der Waals surface area contributed by atoms with Crippen molar-refractivity contribution < 1.29 is 8.42 Å². The zero-order chi connectivity index (χ0) is 16.6. The van der Waals surface area contributed by atoms with Gasteiger partial charge in [0.2, 0.25) is 10.0 Å². The summed E-state index contributed by atoms with van der Waals surface area (Å²) in [6.45, 7) is 1.10. The molecule has 4 rings (SSSR count). The molecule has 122 valence electrons. The van der Waals surface area contributed by atoms with Crippen LogP contribution in [0.4, 0.5) is 0 Å². The Kier molecular flexibility index (Phi) is 3.62. The Hall–Kier alpha value is -2.58. The molecule has 8 heteroatoms. The lowest BCUT2D eigenvalue weighted by molar-refractivity contribution is 0.336. The van der Waals surface area contributed by atoms with Crippen LogP contribution in [0.25, 0.3) is 11.4 Å². The van der Waals surface area contributed by atoms with Gasteiger partial charge in [-0.25, -0.2) is 8.42 Å². The van der Waals surface area contributed by atoms with E-state index in [9.17, 15) is 8.42 Å². The molecule has 2 aromatic heterocycles. The van der Waals surface area contributed by atoms with E-state index in [1.54, 1.807) is 18.3 Å². The molecule has 3 aromatic rings. The lowest BCUT2D eigenvalue weighted by Gasteiger charge is -2.27. The number of hydrogen-bond donors (Lipinski definition) is 0. The van der Waals surface area contributed by atoms with Crippen LogP contribution in [0, 0.1) is 0 Å². The first-order chi connectivity index (χ1) is 11.7. The van der Waals surface area contributed by atoms with Gasteiger partial charge in [0.1, 0.15) is 10.7 Å². The third kappa shape index (κ3) is 2.49. The first kappa shape index (κ1) is 15.0. The maximum Gasteiger partial charge on any atom is 0.245 e. The molecule has 7 nitrogen and oxygen atoms in total. The molecule has 0 saturated heterocycles. The third-order valence-corrected chi connectivity index (χ3v) is 5.85. The largest absolute Gasteiger partial charge is 0.309 e. The highest BCUT2D eigenvalue weighted by Crippen LogP contribution is 2.24. The van der Waals surface area contributed by atoms with Crippen molar-refractivity contribution in [1.82, 2.24) is 24.1 Å². The van der Waals surface area contributed by atoms with E-state index < -0.39 is 10.0 Å². The highest BCUT2D eigenvalue weighted by molar-refractivity contribution is 7.89. The fourth-order valence-corrected chi connectivity index (χ4v) is 4.14. The molecule has 0 fully saturated rings. The highest BCUT2D eigenvalue weighted by Gasteiger charge is 2.30. The number of fused-ring (bicyclic) bond motifs is 1. The van der Waals surface area contributed by atoms with E-state index in [4.69, 9.17) is 0 Å². The molecule has 0 saturated carbocycles. The van der Waals surface area contributed by atoms with Crippen LogP contribution in [-0.2, 0) is 23.1 Å². The van der Waals surface area contributed by atoms with Gasteiger partial charge >= 0.3 is 0 Å². The molecule has 0 spiro atoms. The lowest BCUT2D eigenvalue weighted by atomic mass is 10.2. The maximum atomic E-state index is 12.7. The predicted molar refractivity (Wildman–Crippen MR) is 87.3 cm³/mol. The van der Waals surface area contributed by atoms with Gasteiger partial charge in [0.25, 0.3) is 0 Å². The van der Waals surface area contributed by atoms with E-state index in [0.717, 1.165) is 11.4 Å². The summed E-state index contributed by atoms with van der Waals surface area (Å²) < 4.78 is 28.8. The molecule has 1 aliphatic heterocycles. The van der Waals surface area contributed by atoms with Crippen molar-refractivity contribution in [1.29, 1.82) is 0 Å². The number of rotatable bonds is 3. The summed E-state index contributed by atoms with van der Waals surface area (Å²) >= 11 is 0. The summed E-state index contributed by atoms with van der Waals surface area (Å²) in [5.41, 5.74) is 0.972. The van der Waals surface area contributed by atoms with Crippen LogP contribution in [0.5, 0.6) is 0 Å².